The molecule has 1 aliphatic carbocycles. The maximum atomic E-state index is 3.81. The van der Waals surface area contributed by atoms with E-state index in [0.717, 1.165) is 0 Å². The van der Waals surface area contributed by atoms with E-state index in [2.05, 4.69) is 74.2 Å². The van der Waals surface area contributed by atoms with Crippen LogP contribution in [0.25, 0.3) is 38.6 Å². The molecule has 0 saturated heterocycles. The Balaban J connectivity index is 2.13. The highest BCUT2D eigenvalue weighted by atomic mass is 14.2. The van der Waals surface area contributed by atoms with Crippen molar-refractivity contribution >= 4 is 16.3 Å². The average Bonchev–Trinajstić information content (AvgIpc) is 2.85. The van der Waals surface area contributed by atoms with Crippen molar-refractivity contribution in [2.75, 3.05) is 0 Å². The third kappa shape index (κ3) is 1.62. The minimum absolute atomic E-state index is 1.25. The van der Waals surface area contributed by atoms with Crippen LogP contribution in [-0.2, 0) is 0 Å². The van der Waals surface area contributed by atoms with E-state index in [0.29, 0.717) is 0 Å². The second kappa shape index (κ2) is 4.46. The van der Waals surface area contributed by atoms with Gasteiger partial charge in [-0.1, -0.05) is 73.3 Å². The Morgan fingerprint density at radius 3 is 2.19 bits per heavy atom. The average molecular weight is 268 g/mol. The molecule has 0 bridgehead atoms. The lowest BCUT2D eigenvalue weighted by molar-refractivity contribution is 1.62. The summed E-state index contributed by atoms with van der Waals surface area (Å²) < 4.78 is 0. The van der Waals surface area contributed by atoms with E-state index in [1.165, 1.54) is 44.2 Å². The largest absolute Gasteiger partial charge is 0.0991 e. The molecule has 0 fully saturated rings. The predicted molar refractivity (Wildman–Crippen MR) is 92.2 cm³/mol. The van der Waals surface area contributed by atoms with E-state index in [9.17, 15) is 0 Å². The minimum Gasteiger partial charge on any atom is -0.0991 e. The van der Waals surface area contributed by atoms with Gasteiger partial charge in [-0.15, -0.1) is 0 Å². The van der Waals surface area contributed by atoms with Crippen LogP contribution in [0.4, 0.5) is 0 Å². The van der Waals surface area contributed by atoms with Crippen LogP contribution in [0.5, 0.6) is 0 Å². The summed E-state index contributed by atoms with van der Waals surface area (Å²) in [5.74, 6) is 0. The second-order valence-corrected chi connectivity index (χ2v) is 5.52. The molecular weight excluding hydrogens is 252 g/mol. The smallest absolute Gasteiger partial charge is 0.00203 e. The van der Waals surface area contributed by atoms with E-state index in [1.54, 1.807) is 0 Å². The van der Waals surface area contributed by atoms with Crippen LogP contribution in [0.1, 0.15) is 12.5 Å². The summed E-state index contributed by atoms with van der Waals surface area (Å²) in [5.41, 5.74) is 7.95. The van der Waals surface area contributed by atoms with Crippen molar-refractivity contribution in [1.29, 1.82) is 0 Å². The zero-order valence-electron chi connectivity index (χ0n) is 12.1. The summed E-state index contributed by atoms with van der Waals surface area (Å²) in [6, 6.07) is 19.8. The van der Waals surface area contributed by atoms with Gasteiger partial charge in [-0.2, -0.15) is 0 Å². The van der Waals surface area contributed by atoms with E-state index in [-0.39, 0.29) is 0 Å². The fraction of sp³-hybridized carbons (Fsp3) is 0.0476. The molecule has 21 heavy (non-hydrogen) atoms. The van der Waals surface area contributed by atoms with Gasteiger partial charge in [-0.05, 0) is 51.1 Å². The van der Waals surface area contributed by atoms with Crippen molar-refractivity contribution in [2.24, 2.45) is 0 Å². The van der Waals surface area contributed by atoms with Crippen LogP contribution in [0.2, 0.25) is 0 Å². The summed E-state index contributed by atoms with van der Waals surface area (Å²) in [7, 11) is 0. The molecule has 0 atom stereocenters. The Hall–Kier alpha value is -2.60. The van der Waals surface area contributed by atoms with Crippen molar-refractivity contribution in [3.8, 4) is 22.3 Å². The van der Waals surface area contributed by atoms with Gasteiger partial charge in [-0.3, -0.25) is 0 Å². The van der Waals surface area contributed by atoms with Crippen molar-refractivity contribution in [1.82, 2.24) is 0 Å². The van der Waals surface area contributed by atoms with Crippen molar-refractivity contribution in [2.45, 2.75) is 6.92 Å². The van der Waals surface area contributed by atoms with Gasteiger partial charge in [-0.25, -0.2) is 0 Å². The third-order valence-electron chi connectivity index (χ3n) is 4.34. The maximum absolute atomic E-state index is 3.81. The monoisotopic (exact) mass is 268 g/mol. The summed E-state index contributed by atoms with van der Waals surface area (Å²) in [6.07, 6.45) is 3.93. The van der Waals surface area contributed by atoms with Gasteiger partial charge in [0.25, 0.3) is 0 Å². The first-order valence-electron chi connectivity index (χ1n) is 7.26. The molecule has 0 nitrogen and oxygen atoms in total. The van der Waals surface area contributed by atoms with Crippen LogP contribution < -0.4 is 0 Å². The number of allylic oxidation sites excluding steroid dienone is 3. The Morgan fingerprint density at radius 1 is 0.810 bits per heavy atom. The minimum atomic E-state index is 1.25. The molecule has 0 heteroatoms. The second-order valence-electron chi connectivity index (χ2n) is 5.52. The molecule has 0 N–H and O–H groups in total. The molecule has 0 heterocycles. The van der Waals surface area contributed by atoms with Gasteiger partial charge in [0.1, 0.15) is 0 Å². The van der Waals surface area contributed by atoms with Crippen LogP contribution in [-0.4, -0.2) is 0 Å². The molecule has 3 aromatic rings. The normalized spacial score (nSPS) is 12.5. The molecule has 0 amide bonds. The highest BCUT2D eigenvalue weighted by Crippen LogP contribution is 2.48. The zero-order chi connectivity index (χ0) is 14.4. The van der Waals surface area contributed by atoms with Crippen LogP contribution in [0.15, 0.2) is 73.3 Å². The topological polar surface area (TPSA) is 0 Å². The van der Waals surface area contributed by atoms with Crippen molar-refractivity contribution in [3.05, 3.63) is 78.9 Å². The highest BCUT2D eigenvalue weighted by molar-refractivity contribution is 6.17. The summed E-state index contributed by atoms with van der Waals surface area (Å²) in [4.78, 5) is 0. The van der Waals surface area contributed by atoms with Crippen molar-refractivity contribution in [3.63, 3.8) is 0 Å². The summed E-state index contributed by atoms with van der Waals surface area (Å²) >= 11 is 0. The molecule has 3 aromatic carbocycles. The molecule has 0 spiro atoms. The summed E-state index contributed by atoms with van der Waals surface area (Å²) in [6.45, 7) is 5.96. The molecule has 0 aliphatic heterocycles. The van der Waals surface area contributed by atoms with Gasteiger partial charge < -0.3 is 0 Å². The number of hydrogen-bond acceptors (Lipinski definition) is 0. The molecule has 0 radical (unpaired) electrons. The van der Waals surface area contributed by atoms with Gasteiger partial charge in [0.2, 0.25) is 0 Å². The predicted octanol–water partition coefficient (Wildman–Crippen LogP) is 6.08. The van der Waals surface area contributed by atoms with E-state index >= 15 is 0 Å². The number of benzene rings is 3. The fourth-order valence-corrected chi connectivity index (χ4v) is 3.42. The molecule has 0 aromatic heterocycles. The van der Waals surface area contributed by atoms with Gasteiger partial charge in [0.05, 0.1) is 0 Å². The first kappa shape index (κ1) is 12.2. The van der Waals surface area contributed by atoms with Crippen LogP contribution in [0.3, 0.4) is 0 Å². The van der Waals surface area contributed by atoms with Gasteiger partial charge >= 0.3 is 0 Å². The molecule has 0 saturated carbocycles. The lowest BCUT2D eigenvalue weighted by Gasteiger charge is -2.09. The molecule has 4 rings (SSSR count). The fourth-order valence-electron chi connectivity index (χ4n) is 3.42. The SMILES string of the molecule is C=CC=C(C)c1ccc2c3c(cccc13)-c1ccccc1-2. The standard InChI is InChI=1S/C21H16/c1-3-7-14(2)15-12-13-20-17-9-5-4-8-16(17)19-11-6-10-18(15)21(19)20/h3-13H,1H2,2H3. The Morgan fingerprint density at radius 2 is 1.48 bits per heavy atom. The highest BCUT2D eigenvalue weighted by Gasteiger charge is 2.21. The van der Waals surface area contributed by atoms with Crippen LogP contribution in [0, 0.1) is 0 Å². The lowest BCUT2D eigenvalue weighted by Crippen LogP contribution is -1.84. The molecule has 100 valence electrons. The number of rotatable bonds is 2. The van der Waals surface area contributed by atoms with Crippen LogP contribution >= 0.6 is 0 Å². The quantitative estimate of drug-likeness (QED) is 0.387. The van der Waals surface area contributed by atoms with Gasteiger partial charge in [0.15, 0.2) is 0 Å². The first-order valence-corrected chi connectivity index (χ1v) is 7.26. The third-order valence-corrected chi connectivity index (χ3v) is 4.34. The lowest BCUT2D eigenvalue weighted by atomic mass is 9.95. The first-order chi connectivity index (χ1) is 10.3. The Bertz CT molecular complexity index is 881. The van der Waals surface area contributed by atoms with Gasteiger partial charge in [0, 0.05) is 0 Å². The number of hydrogen-bond donors (Lipinski definition) is 0. The van der Waals surface area contributed by atoms with E-state index in [4.69, 9.17) is 0 Å². The molecular formula is C21H16. The molecule has 1 aliphatic rings. The van der Waals surface area contributed by atoms with E-state index in [1.807, 2.05) is 6.08 Å². The Labute approximate surface area is 125 Å². The zero-order valence-corrected chi connectivity index (χ0v) is 12.1. The number of fused-ring (bicyclic) bond motifs is 3. The molecule has 0 unspecified atom stereocenters. The summed E-state index contributed by atoms with van der Waals surface area (Å²) in [5, 5.41) is 2.71. The Kier molecular flexibility index (Phi) is 2.58. The van der Waals surface area contributed by atoms with E-state index < -0.39 is 0 Å². The van der Waals surface area contributed by atoms with Crippen molar-refractivity contribution < 1.29 is 0 Å². The maximum Gasteiger partial charge on any atom is -0.00203 e.